The van der Waals surface area contributed by atoms with Crippen LogP contribution in [0.15, 0.2) is 18.2 Å². The summed E-state index contributed by atoms with van der Waals surface area (Å²) >= 11 is 0. The van der Waals surface area contributed by atoms with E-state index >= 15 is 0 Å². The molecule has 1 aromatic rings. The van der Waals surface area contributed by atoms with Gasteiger partial charge in [-0.2, -0.15) is 0 Å². The first-order valence-electron chi connectivity index (χ1n) is 5.49. The lowest BCUT2D eigenvalue weighted by Gasteiger charge is -2.15. The van der Waals surface area contributed by atoms with Crippen LogP contribution in [0.25, 0.3) is 0 Å². The minimum Gasteiger partial charge on any atom is -0.395 e. The van der Waals surface area contributed by atoms with E-state index in [1.165, 1.54) is 5.56 Å². The molecule has 1 aliphatic rings. The SMILES string of the molecule is CCc1ccc2c(c1)C(N)C(=O)N2CCO. The molecule has 0 saturated heterocycles. The lowest BCUT2D eigenvalue weighted by Crippen LogP contribution is -2.33. The molecule has 1 unspecified atom stereocenters. The summed E-state index contributed by atoms with van der Waals surface area (Å²) in [7, 11) is 0. The van der Waals surface area contributed by atoms with Gasteiger partial charge in [0.2, 0.25) is 5.91 Å². The van der Waals surface area contributed by atoms with E-state index in [-0.39, 0.29) is 12.5 Å². The van der Waals surface area contributed by atoms with Crippen LogP contribution in [0.2, 0.25) is 0 Å². The molecule has 1 amide bonds. The number of fused-ring (bicyclic) bond motifs is 1. The molecule has 4 heteroatoms. The van der Waals surface area contributed by atoms with Crippen molar-refractivity contribution in [3.05, 3.63) is 29.3 Å². The van der Waals surface area contributed by atoms with Crippen molar-refractivity contribution in [2.75, 3.05) is 18.1 Å². The number of nitrogens with two attached hydrogens (primary N) is 1. The van der Waals surface area contributed by atoms with Gasteiger partial charge in [-0.05, 0) is 18.1 Å². The van der Waals surface area contributed by atoms with E-state index in [0.29, 0.717) is 6.54 Å². The number of benzene rings is 1. The summed E-state index contributed by atoms with van der Waals surface area (Å²) in [5.41, 5.74) is 8.74. The van der Waals surface area contributed by atoms with Crippen LogP contribution in [0.5, 0.6) is 0 Å². The zero-order chi connectivity index (χ0) is 11.7. The highest BCUT2D eigenvalue weighted by Gasteiger charge is 2.34. The third-order valence-electron chi connectivity index (χ3n) is 2.98. The number of aliphatic hydroxyl groups excluding tert-OH is 1. The fourth-order valence-electron chi connectivity index (χ4n) is 2.07. The van der Waals surface area contributed by atoms with Crippen LogP contribution in [-0.4, -0.2) is 24.2 Å². The average molecular weight is 220 g/mol. The molecule has 4 nitrogen and oxygen atoms in total. The van der Waals surface area contributed by atoms with Crippen molar-refractivity contribution in [1.82, 2.24) is 0 Å². The number of hydrogen-bond acceptors (Lipinski definition) is 3. The van der Waals surface area contributed by atoms with E-state index in [2.05, 4.69) is 6.92 Å². The molecule has 86 valence electrons. The maximum atomic E-state index is 11.8. The minimum absolute atomic E-state index is 0.0482. The number of hydrogen-bond donors (Lipinski definition) is 2. The molecule has 3 N–H and O–H groups in total. The molecule has 2 rings (SSSR count). The van der Waals surface area contributed by atoms with Crippen LogP contribution < -0.4 is 10.6 Å². The summed E-state index contributed by atoms with van der Waals surface area (Å²) in [6.45, 7) is 2.33. The summed E-state index contributed by atoms with van der Waals surface area (Å²) in [4.78, 5) is 13.4. The monoisotopic (exact) mass is 220 g/mol. The number of rotatable bonds is 3. The summed E-state index contributed by atoms with van der Waals surface area (Å²) in [6, 6.07) is 5.31. The Labute approximate surface area is 94.7 Å². The fourth-order valence-corrected chi connectivity index (χ4v) is 2.07. The highest BCUT2D eigenvalue weighted by atomic mass is 16.3. The Kier molecular flexibility index (Phi) is 2.94. The van der Waals surface area contributed by atoms with Crippen LogP contribution >= 0.6 is 0 Å². The summed E-state index contributed by atoms with van der Waals surface area (Å²) < 4.78 is 0. The Morgan fingerprint density at radius 2 is 2.25 bits per heavy atom. The van der Waals surface area contributed by atoms with Crippen molar-refractivity contribution in [2.45, 2.75) is 19.4 Å². The predicted molar refractivity (Wildman–Crippen MR) is 62.2 cm³/mol. The van der Waals surface area contributed by atoms with Crippen molar-refractivity contribution in [1.29, 1.82) is 0 Å². The summed E-state index contributed by atoms with van der Waals surface area (Å²) in [6.07, 6.45) is 0.925. The molecule has 0 bridgehead atoms. The van der Waals surface area contributed by atoms with E-state index in [0.717, 1.165) is 17.7 Å². The number of anilines is 1. The zero-order valence-electron chi connectivity index (χ0n) is 9.31. The fraction of sp³-hybridized carbons (Fsp3) is 0.417. The Morgan fingerprint density at radius 1 is 1.50 bits per heavy atom. The first kappa shape index (κ1) is 11.1. The maximum Gasteiger partial charge on any atom is 0.248 e. The summed E-state index contributed by atoms with van der Waals surface area (Å²) in [5.74, 6) is -0.127. The van der Waals surface area contributed by atoms with Gasteiger partial charge in [0.05, 0.1) is 6.61 Å². The van der Waals surface area contributed by atoms with Gasteiger partial charge in [-0.3, -0.25) is 4.79 Å². The lowest BCUT2D eigenvalue weighted by atomic mass is 10.0. The quantitative estimate of drug-likeness (QED) is 0.783. The molecule has 1 aliphatic heterocycles. The van der Waals surface area contributed by atoms with Gasteiger partial charge < -0.3 is 15.7 Å². The third kappa shape index (κ3) is 1.60. The van der Waals surface area contributed by atoms with Gasteiger partial charge >= 0.3 is 0 Å². The van der Waals surface area contributed by atoms with Crippen molar-refractivity contribution < 1.29 is 9.90 Å². The molecule has 1 aromatic carbocycles. The van der Waals surface area contributed by atoms with Gasteiger partial charge in [0.1, 0.15) is 6.04 Å². The summed E-state index contributed by atoms with van der Waals surface area (Å²) in [5, 5.41) is 8.92. The van der Waals surface area contributed by atoms with Gasteiger partial charge in [-0.1, -0.05) is 19.1 Å². The van der Waals surface area contributed by atoms with E-state index in [4.69, 9.17) is 10.8 Å². The van der Waals surface area contributed by atoms with Gasteiger partial charge in [0, 0.05) is 17.8 Å². The van der Waals surface area contributed by atoms with Gasteiger partial charge in [0.15, 0.2) is 0 Å². The second-order valence-electron chi connectivity index (χ2n) is 3.94. The topological polar surface area (TPSA) is 66.6 Å². The van der Waals surface area contributed by atoms with E-state index in [1.807, 2.05) is 18.2 Å². The van der Waals surface area contributed by atoms with Crippen LogP contribution in [-0.2, 0) is 11.2 Å². The number of β-amino-alcohol motifs (C(OH)–C–C–N with tert-alkyl or cyclic N) is 1. The van der Waals surface area contributed by atoms with Crippen LogP contribution in [0.3, 0.4) is 0 Å². The molecule has 16 heavy (non-hydrogen) atoms. The average Bonchev–Trinajstić information content (AvgIpc) is 2.54. The van der Waals surface area contributed by atoms with Crippen molar-refractivity contribution in [3.63, 3.8) is 0 Å². The Balaban J connectivity index is 2.43. The third-order valence-corrected chi connectivity index (χ3v) is 2.98. The highest BCUT2D eigenvalue weighted by Crippen LogP contribution is 2.34. The molecular formula is C12H16N2O2. The predicted octanol–water partition coefficient (Wildman–Crippen LogP) is 0.588. The zero-order valence-corrected chi connectivity index (χ0v) is 9.31. The normalized spacial score (nSPS) is 19.1. The van der Waals surface area contributed by atoms with Gasteiger partial charge in [-0.15, -0.1) is 0 Å². The highest BCUT2D eigenvalue weighted by molar-refractivity contribution is 6.04. The molecule has 0 aromatic heterocycles. The van der Waals surface area contributed by atoms with Gasteiger partial charge in [-0.25, -0.2) is 0 Å². The Bertz CT molecular complexity index is 417. The standard InChI is InChI=1S/C12H16N2O2/c1-2-8-3-4-10-9(7-8)11(13)12(16)14(10)5-6-15/h3-4,7,11,15H,2,5-6,13H2,1H3. The number of carbonyl (C=O) groups excluding carboxylic acids is 1. The van der Waals surface area contributed by atoms with E-state index in [9.17, 15) is 4.79 Å². The smallest absolute Gasteiger partial charge is 0.248 e. The van der Waals surface area contributed by atoms with Crippen molar-refractivity contribution in [2.24, 2.45) is 5.73 Å². The second-order valence-corrected chi connectivity index (χ2v) is 3.94. The molecule has 1 heterocycles. The van der Waals surface area contributed by atoms with Gasteiger partial charge in [0.25, 0.3) is 0 Å². The number of carbonyl (C=O) groups is 1. The first-order valence-corrected chi connectivity index (χ1v) is 5.49. The molecule has 0 saturated carbocycles. The number of aliphatic hydroxyl groups is 1. The number of aryl methyl sites for hydroxylation is 1. The Hall–Kier alpha value is -1.39. The lowest BCUT2D eigenvalue weighted by molar-refractivity contribution is -0.119. The molecule has 0 spiro atoms. The first-order chi connectivity index (χ1) is 7.69. The number of nitrogens with zero attached hydrogens (tertiary/aromatic N) is 1. The second kappa shape index (κ2) is 4.23. The Morgan fingerprint density at radius 3 is 2.88 bits per heavy atom. The van der Waals surface area contributed by atoms with Crippen LogP contribution in [0, 0.1) is 0 Å². The van der Waals surface area contributed by atoms with E-state index < -0.39 is 6.04 Å². The molecular weight excluding hydrogens is 204 g/mol. The van der Waals surface area contributed by atoms with Crippen LogP contribution in [0.4, 0.5) is 5.69 Å². The van der Waals surface area contributed by atoms with Crippen molar-refractivity contribution >= 4 is 11.6 Å². The molecule has 0 aliphatic carbocycles. The number of amides is 1. The minimum atomic E-state index is -0.576. The van der Waals surface area contributed by atoms with Crippen LogP contribution in [0.1, 0.15) is 24.1 Å². The molecule has 0 radical (unpaired) electrons. The van der Waals surface area contributed by atoms with Crippen molar-refractivity contribution in [3.8, 4) is 0 Å². The molecule has 1 atom stereocenters. The van der Waals surface area contributed by atoms with E-state index in [1.54, 1.807) is 4.90 Å². The maximum absolute atomic E-state index is 11.8. The largest absolute Gasteiger partial charge is 0.395 e. The molecule has 0 fully saturated rings.